The fourth-order valence-corrected chi connectivity index (χ4v) is 2.95. The number of hydrazine groups is 1. The molecule has 0 unspecified atom stereocenters. The lowest BCUT2D eigenvalue weighted by Gasteiger charge is -2.26. The zero-order chi connectivity index (χ0) is 18.0. The van der Waals surface area contributed by atoms with E-state index in [1.165, 1.54) is 11.1 Å². The predicted octanol–water partition coefficient (Wildman–Crippen LogP) is 4.33. The van der Waals surface area contributed by atoms with Crippen LogP contribution in [0.25, 0.3) is 0 Å². The summed E-state index contributed by atoms with van der Waals surface area (Å²) in [7, 11) is 0. The number of benzene rings is 3. The molecule has 26 heavy (non-hydrogen) atoms. The van der Waals surface area contributed by atoms with Crippen molar-refractivity contribution in [2.24, 2.45) is 0 Å². The maximum Gasteiger partial charge on any atom is 0.112 e. The fraction of sp³-hybridized carbons (Fsp3) is 0.174. The molecule has 0 aromatic heterocycles. The summed E-state index contributed by atoms with van der Waals surface area (Å²) < 4.78 is 0. The SMILES string of the molecule is N#C[C@H](Cc1ccccc1)NN(Cc1ccccc1)Cc1ccccc1. The lowest BCUT2D eigenvalue weighted by Crippen LogP contribution is -2.44. The molecule has 0 saturated carbocycles. The Morgan fingerprint density at radius 1 is 0.692 bits per heavy atom. The highest BCUT2D eigenvalue weighted by atomic mass is 15.5. The average molecular weight is 341 g/mol. The average Bonchev–Trinajstić information content (AvgIpc) is 2.70. The number of nitrogens with zero attached hydrogens (tertiary/aromatic N) is 2. The second kappa shape index (κ2) is 9.53. The minimum absolute atomic E-state index is 0.273. The van der Waals surface area contributed by atoms with E-state index in [1.807, 2.05) is 54.6 Å². The van der Waals surface area contributed by atoms with Crippen LogP contribution in [-0.4, -0.2) is 11.1 Å². The minimum Gasteiger partial charge on any atom is -0.237 e. The van der Waals surface area contributed by atoms with E-state index in [2.05, 4.69) is 52.9 Å². The lowest BCUT2D eigenvalue weighted by molar-refractivity contribution is 0.153. The van der Waals surface area contributed by atoms with Gasteiger partial charge in [0.1, 0.15) is 6.04 Å². The number of hydrogen-bond donors (Lipinski definition) is 1. The summed E-state index contributed by atoms with van der Waals surface area (Å²) in [5.41, 5.74) is 7.01. The van der Waals surface area contributed by atoms with Crippen molar-refractivity contribution in [3.05, 3.63) is 108 Å². The molecule has 3 aromatic carbocycles. The molecule has 3 rings (SSSR count). The Morgan fingerprint density at radius 3 is 1.54 bits per heavy atom. The molecule has 0 radical (unpaired) electrons. The molecule has 0 amide bonds. The number of hydrogen-bond acceptors (Lipinski definition) is 3. The highest BCUT2D eigenvalue weighted by molar-refractivity contribution is 5.19. The molecule has 0 fully saturated rings. The first-order valence-electron chi connectivity index (χ1n) is 8.86. The molecular weight excluding hydrogens is 318 g/mol. The molecule has 0 heterocycles. The van der Waals surface area contributed by atoms with E-state index in [0.717, 1.165) is 18.7 Å². The van der Waals surface area contributed by atoms with Crippen molar-refractivity contribution in [3.63, 3.8) is 0 Å². The smallest absolute Gasteiger partial charge is 0.112 e. The summed E-state index contributed by atoms with van der Waals surface area (Å²) in [5.74, 6) is 0. The number of rotatable bonds is 8. The summed E-state index contributed by atoms with van der Waals surface area (Å²) in [6, 6.07) is 32.9. The summed E-state index contributed by atoms with van der Waals surface area (Å²) in [6.45, 7) is 1.48. The molecule has 130 valence electrons. The Balaban J connectivity index is 1.72. The van der Waals surface area contributed by atoms with Crippen LogP contribution >= 0.6 is 0 Å². The van der Waals surface area contributed by atoms with Gasteiger partial charge in [0.2, 0.25) is 0 Å². The van der Waals surface area contributed by atoms with E-state index in [0.29, 0.717) is 6.42 Å². The monoisotopic (exact) mass is 341 g/mol. The molecule has 3 aromatic rings. The van der Waals surface area contributed by atoms with E-state index < -0.39 is 0 Å². The van der Waals surface area contributed by atoms with E-state index in [-0.39, 0.29) is 6.04 Å². The summed E-state index contributed by atoms with van der Waals surface area (Å²) >= 11 is 0. The first-order chi connectivity index (χ1) is 12.8. The third-order valence-corrected chi connectivity index (χ3v) is 4.21. The summed E-state index contributed by atoms with van der Waals surface area (Å²) in [4.78, 5) is 0. The van der Waals surface area contributed by atoms with Crippen molar-refractivity contribution in [1.29, 1.82) is 5.26 Å². The second-order valence-electron chi connectivity index (χ2n) is 6.33. The van der Waals surface area contributed by atoms with Crippen molar-refractivity contribution in [2.75, 3.05) is 0 Å². The summed E-state index contributed by atoms with van der Waals surface area (Å²) in [5, 5.41) is 11.8. The van der Waals surface area contributed by atoms with Gasteiger partial charge in [-0.05, 0) is 16.7 Å². The highest BCUT2D eigenvalue weighted by Gasteiger charge is 2.14. The van der Waals surface area contributed by atoms with Gasteiger partial charge in [0.05, 0.1) is 6.07 Å². The van der Waals surface area contributed by atoms with Gasteiger partial charge in [-0.3, -0.25) is 0 Å². The van der Waals surface area contributed by atoms with Crippen LogP contribution in [0, 0.1) is 11.3 Å². The quantitative estimate of drug-likeness (QED) is 0.620. The van der Waals surface area contributed by atoms with Crippen molar-refractivity contribution in [3.8, 4) is 6.07 Å². The molecule has 0 aliphatic heterocycles. The maximum atomic E-state index is 9.63. The molecule has 3 nitrogen and oxygen atoms in total. The van der Waals surface area contributed by atoms with Gasteiger partial charge in [-0.25, -0.2) is 10.4 Å². The van der Waals surface area contributed by atoms with E-state index >= 15 is 0 Å². The van der Waals surface area contributed by atoms with Crippen LogP contribution in [0.2, 0.25) is 0 Å². The van der Waals surface area contributed by atoms with E-state index in [1.54, 1.807) is 0 Å². The Bertz CT molecular complexity index is 769. The van der Waals surface area contributed by atoms with Gasteiger partial charge < -0.3 is 0 Å². The molecule has 3 heteroatoms. The summed E-state index contributed by atoms with van der Waals surface area (Å²) in [6.07, 6.45) is 0.678. The van der Waals surface area contributed by atoms with Crippen LogP contribution in [0.3, 0.4) is 0 Å². The number of nitrogens with one attached hydrogen (secondary N) is 1. The van der Waals surface area contributed by atoms with Crippen molar-refractivity contribution >= 4 is 0 Å². The molecule has 1 atom stereocenters. The topological polar surface area (TPSA) is 39.1 Å². The first-order valence-corrected chi connectivity index (χ1v) is 8.86. The van der Waals surface area contributed by atoms with Gasteiger partial charge in [-0.1, -0.05) is 91.0 Å². The molecule has 0 bridgehead atoms. The maximum absolute atomic E-state index is 9.63. The standard InChI is InChI=1S/C23H23N3/c24-17-23(16-20-10-4-1-5-11-20)25-26(18-21-12-6-2-7-13-21)19-22-14-8-3-9-15-22/h1-15,23,25H,16,18-19H2/t23-/m0/s1. The van der Waals surface area contributed by atoms with Crippen LogP contribution in [0.1, 0.15) is 16.7 Å². The third kappa shape index (κ3) is 5.56. The van der Waals surface area contributed by atoms with Gasteiger partial charge in [-0.2, -0.15) is 5.26 Å². The fourth-order valence-electron chi connectivity index (χ4n) is 2.95. The Labute approximate surface area is 155 Å². The van der Waals surface area contributed by atoms with E-state index in [9.17, 15) is 5.26 Å². The molecule has 1 N–H and O–H groups in total. The van der Waals surface area contributed by atoms with Crippen molar-refractivity contribution < 1.29 is 0 Å². The number of nitriles is 1. The van der Waals surface area contributed by atoms with Gasteiger partial charge >= 0.3 is 0 Å². The molecule has 0 spiro atoms. The van der Waals surface area contributed by atoms with Gasteiger partial charge in [0.15, 0.2) is 0 Å². The Kier molecular flexibility index (Phi) is 6.55. The van der Waals surface area contributed by atoms with Crippen LogP contribution < -0.4 is 5.43 Å². The molecule has 0 aliphatic carbocycles. The van der Waals surface area contributed by atoms with Gasteiger partial charge in [0, 0.05) is 19.5 Å². The largest absolute Gasteiger partial charge is 0.237 e. The minimum atomic E-state index is -0.273. The predicted molar refractivity (Wildman–Crippen MR) is 105 cm³/mol. The lowest BCUT2D eigenvalue weighted by atomic mass is 10.1. The van der Waals surface area contributed by atoms with E-state index in [4.69, 9.17) is 0 Å². The first kappa shape index (κ1) is 17.9. The highest BCUT2D eigenvalue weighted by Crippen LogP contribution is 2.10. The molecule has 0 saturated heterocycles. The Morgan fingerprint density at radius 2 is 1.12 bits per heavy atom. The Hall–Kier alpha value is -2.93. The van der Waals surface area contributed by atoms with Crippen LogP contribution in [0.4, 0.5) is 0 Å². The van der Waals surface area contributed by atoms with Gasteiger partial charge in [-0.15, -0.1) is 0 Å². The van der Waals surface area contributed by atoms with Crippen molar-refractivity contribution in [2.45, 2.75) is 25.6 Å². The molecular formula is C23H23N3. The molecule has 0 aliphatic rings. The van der Waals surface area contributed by atoms with Gasteiger partial charge in [0.25, 0.3) is 0 Å². The van der Waals surface area contributed by atoms with Crippen LogP contribution in [0.15, 0.2) is 91.0 Å². The van der Waals surface area contributed by atoms with Crippen molar-refractivity contribution in [1.82, 2.24) is 10.4 Å². The zero-order valence-corrected chi connectivity index (χ0v) is 14.8. The van der Waals surface area contributed by atoms with Crippen LogP contribution in [-0.2, 0) is 19.5 Å². The van der Waals surface area contributed by atoms with Crippen LogP contribution in [0.5, 0.6) is 0 Å². The zero-order valence-electron chi connectivity index (χ0n) is 14.8. The third-order valence-electron chi connectivity index (χ3n) is 4.21. The second-order valence-corrected chi connectivity index (χ2v) is 6.33. The normalized spacial score (nSPS) is 11.8.